The summed E-state index contributed by atoms with van der Waals surface area (Å²) in [4.78, 5) is 28.1. The summed E-state index contributed by atoms with van der Waals surface area (Å²) in [7, 11) is 0. The predicted molar refractivity (Wildman–Crippen MR) is 106 cm³/mol. The molecule has 1 fully saturated rings. The molecular weight excluding hydrogens is 352 g/mol. The molecule has 1 amide bonds. The molecule has 3 aromatic rings. The van der Waals surface area contributed by atoms with Gasteiger partial charge in [-0.2, -0.15) is 5.10 Å². The lowest BCUT2D eigenvalue weighted by Crippen LogP contribution is -2.39. The number of nitrogens with one attached hydrogen (secondary N) is 1. The molecule has 0 aromatic carbocycles. The zero-order valence-corrected chi connectivity index (χ0v) is 16.2. The average Bonchev–Trinajstić information content (AvgIpc) is 3.23. The van der Waals surface area contributed by atoms with Crippen LogP contribution in [-0.4, -0.2) is 49.0 Å². The van der Waals surface area contributed by atoms with E-state index in [9.17, 15) is 4.79 Å². The van der Waals surface area contributed by atoms with Crippen LogP contribution in [0.15, 0.2) is 36.9 Å². The van der Waals surface area contributed by atoms with Crippen molar-refractivity contribution in [3.63, 3.8) is 0 Å². The molecule has 0 saturated carbocycles. The van der Waals surface area contributed by atoms with Gasteiger partial charge in [-0.05, 0) is 43.9 Å². The fourth-order valence-corrected chi connectivity index (χ4v) is 3.84. The van der Waals surface area contributed by atoms with Gasteiger partial charge in [0.2, 0.25) is 0 Å². The van der Waals surface area contributed by atoms with E-state index in [4.69, 9.17) is 0 Å². The van der Waals surface area contributed by atoms with Crippen LogP contribution in [0.4, 0.5) is 0 Å². The number of aryl methyl sites for hydroxylation is 2. The molecule has 0 radical (unpaired) electrons. The van der Waals surface area contributed by atoms with Crippen molar-refractivity contribution < 1.29 is 4.79 Å². The average molecular weight is 376 g/mol. The Morgan fingerprint density at radius 3 is 2.96 bits per heavy atom. The number of amides is 1. The summed E-state index contributed by atoms with van der Waals surface area (Å²) >= 11 is 0. The molecule has 1 atom stereocenters. The number of carbonyl (C=O) groups excluding carboxylic acids is 1. The van der Waals surface area contributed by atoms with Crippen LogP contribution in [0, 0.1) is 6.92 Å². The van der Waals surface area contributed by atoms with Crippen LogP contribution >= 0.6 is 0 Å². The van der Waals surface area contributed by atoms with E-state index in [0.717, 1.165) is 31.4 Å². The van der Waals surface area contributed by atoms with E-state index >= 15 is 0 Å². The predicted octanol–water partition coefficient (Wildman–Crippen LogP) is 3.15. The van der Waals surface area contributed by atoms with Crippen molar-refractivity contribution in [1.29, 1.82) is 0 Å². The number of aromatic amines is 1. The molecule has 1 aliphatic heterocycles. The highest BCUT2D eigenvalue weighted by atomic mass is 16.2. The van der Waals surface area contributed by atoms with Crippen LogP contribution in [0.5, 0.6) is 0 Å². The van der Waals surface area contributed by atoms with E-state index < -0.39 is 0 Å². The molecule has 1 saturated heterocycles. The van der Waals surface area contributed by atoms with Crippen LogP contribution < -0.4 is 0 Å². The molecule has 0 bridgehead atoms. The Morgan fingerprint density at radius 2 is 2.21 bits per heavy atom. The number of hydrogen-bond donors (Lipinski definition) is 1. The minimum Gasteiger partial charge on any atom is -0.338 e. The molecule has 0 aliphatic carbocycles. The van der Waals surface area contributed by atoms with Gasteiger partial charge in [0.1, 0.15) is 0 Å². The Hall–Kier alpha value is -3.09. The first-order chi connectivity index (χ1) is 13.7. The third-order valence-electron chi connectivity index (χ3n) is 5.38. The van der Waals surface area contributed by atoms with Gasteiger partial charge in [0, 0.05) is 48.9 Å². The zero-order chi connectivity index (χ0) is 19.5. The maximum atomic E-state index is 13.1. The fraction of sp³-hybridized carbons (Fsp3) is 0.381. The molecule has 1 N–H and O–H groups in total. The third kappa shape index (κ3) is 3.52. The number of likely N-dealkylation sites (tertiary alicyclic amines) is 1. The first-order valence-corrected chi connectivity index (χ1v) is 9.72. The molecule has 144 valence electrons. The maximum absolute atomic E-state index is 13.1. The van der Waals surface area contributed by atoms with Gasteiger partial charge in [0.25, 0.3) is 5.91 Å². The largest absolute Gasteiger partial charge is 0.338 e. The summed E-state index contributed by atoms with van der Waals surface area (Å²) in [6.45, 7) is 5.44. The zero-order valence-electron chi connectivity index (χ0n) is 16.2. The van der Waals surface area contributed by atoms with E-state index in [1.54, 1.807) is 18.6 Å². The van der Waals surface area contributed by atoms with Gasteiger partial charge in [-0.1, -0.05) is 6.92 Å². The topological polar surface area (TPSA) is 87.7 Å². The summed E-state index contributed by atoms with van der Waals surface area (Å²) in [5.74, 6) is 0.882. The highest BCUT2D eigenvalue weighted by Crippen LogP contribution is 2.29. The quantitative estimate of drug-likeness (QED) is 0.756. The smallest absolute Gasteiger partial charge is 0.257 e. The first kappa shape index (κ1) is 18.3. The number of aromatic nitrogens is 5. The van der Waals surface area contributed by atoms with Gasteiger partial charge in [0.15, 0.2) is 5.82 Å². The summed E-state index contributed by atoms with van der Waals surface area (Å²) in [5, 5.41) is 7.34. The Balaban J connectivity index is 1.54. The normalized spacial score (nSPS) is 16.9. The van der Waals surface area contributed by atoms with Gasteiger partial charge in [-0.3, -0.25) is 14.9 Å². The number of carbonyl (C=O) groups is 1. The second-order valence-electron chi connectivity index (χ2n) is 7.19. The number of pyridine rings is 1. The summed E-state index contributed by atoms with van der Waals surface area (Å²) in [6, 6.07) is 3.76. The summed E-state index contributed by atoms with van der Waals surface area (Å²) < 4.78 is 0. The van der Waals surface area contributed by atoms with Gasteiger partial charge < -0.3 is 4.90 Å². The highest BCUT2D eigenvalue weighted by Gasteiger charge is 2.28. The molecule has 1 aliphatic rings. The van der Waals surface area contributed by atoms with Crippen LogP contribution in [0.2, 0.25) is 0 Å². The van der Waals surface area contributed by atoms with E-state index in [2.05, 4.69) is 32.1 Å². The van der Waals surface area contributed by atoms with Crippen molar-refractivity contribution in [2.45, 2.75) is 39.0 Å². The standard InChI is InChI=1S/C21H24N6O/c1-3-15-11-24-26-19(15)17-7-5-9-27(13-17)21(28)18-12-23-20(25-14(18)2)16-6-4-8-22-10-16/h4,6,8,10-12,17H,3,5,7,9,13H2,1-2H3,(H,24,26)/t17-/m1/s1. The van der Waals surface area contributed by atoms with Gasteiger partial charge in [-0.15, -0.1) is 0 Å². The second kappa shape index (κ2) is 7.88. The lowest BCUT2D eigenvalue weighted by Gasteiger charge is -2.33. The van der Waals surface area contributed by atoms with Crippen molar-refractivity contribution >= 4 is 5.91 Å². The minimum absolute atomic E-state index is 0.00231. The molecule has 4 rings (SSSR count). The Labute approximate surface area is 164 Å². The molecule has 4 heterocycles. The van der Waals surface area contributed by atoms with Crippen molar-refractivity contribution in [1.82, 2.24) is 30.0 Å². The lowest BCUT2D eigenvalue weighted by molar-refractivity contribution is 0.0704. The van der Waals surface area contributed by atoms with Gasteiger partial charge in [-0.25, -0.2) is 9.97 Å². The number of H-pyrrole nitrogens is 1. The number of rotatable bonds is 4. The molecule has 0 unspecified atom stereocenters. The van der Waals surface area contributed by atoms with Crippen LogP contribution in [0.25, 0.3) is 11.4 Å². The molecule has 0 spiro atoms. The van der Waals surface area contributed by atoms with Crippen molar-refractivity contribution in [2.75, 3.05) is 13.1 Å². The number of nitrogens with zero attached hydrogens (tertiary/aromatic N) is 5. The Kier molecular flexibility index (Phi) is 5.14. The number of hydrogen-bond acceptors (Lipinski definition) is 5. The molecule has 7 nitrogen and oxygen atoms in total. The van der Waals surface area contributed by atoms with Crippen LogP contribution in [0.1, 0.15) is 53.0 Å². The summed E-state index contributed by atoms with van der Waals surface area (Å²) in [5.41, 5.74) is 4.50. The Morgan fingerprint density at radius 1 is 1.32 bits per heavy atom. The van der Waals surface area contributed by atoms with Crippen LogP contribution in [0.3, 0.4) is 0 Å². The van der Waals surface area contributed by atoms with Crippen LogP contribution in [-0.2, 0) is 6.42 Å². The van der Waals surface area contributed by atoms with E-state index in [1.165, 1.54) is 11.3 Å². The minimum atomic E-state index is -0.00231. The maximum Gasteiger partial charge on any atom is 0.257 e. The third-order valence-corrected chi connectivity index (χ3v) is 5.38. The molecular formula is C21H24N6O. The van der Waals surface area contributed by atoms with Crippen molar-refractivity contribution in [3.05, 3.63) is 59.4 Å². The fourth-order valence-electron chi connectivity index (χ4n) is 3.84. The number of piperidine rings is 1. The van der Waals surface area contributed by atoms with Gasteiger partial charge >= 0.3 is 0 Å². The SMILES string of the molecule is CCc1cn[nH]c1[C@@H]1CCCN(C(=O)c2cnc(-c3cccnc3)nc2C)C1. The molecule has 7 heteroatoms. The van der Waals surface area contributed by atoms with Crippen molar-refractivity contribution in [2.24, 2.45) is 0 Å². The van der Waals surface area contributed by atoms with E-state index in [0.29, 0.717) is 29.5 Å². The Bertz CT molecular complexity index is 968. The molecule has 3 aromatic heterocycles. The monoisotopic (exact) mass is 376 g/mol. The van der Waals surface area contributed by atoms with Crippen molar-refractivity contribution in [3.8, 4) is 11.4 Å². The lowest BCUT2D eigenvalue weighted by atomic mass is 9.91. The van der Waals surface area contributed by atoms with Gasteiger partial charge in [0.05, 0.1) is 17.5 Å². The molecule has 28 heavy (non-hydrogen) atoms. The summed E-state index contributed by atoms with van der Waals surface area (Å²) in [6.07, 6.45) is 9.96. The van der Waals surface area contributed by atoms with E-state index in [1.807, 2.05) is 30.2 Å². The van der Waals surface area contributed by atoms with E-state index in [-0.39, 0.29) is 5.91 Å². The highest BCUT2D eigenvalue weighted by molar-refractivity contribution is 5.95. The first-order valence-electron chi connectivity index (χ1n) is 9.72. The second-order valence-corrected chi connectivity index (χ2v) is 7.19.